The fourth-order valence-electron chi connectivity index (χ4n) is 2.53. The van der Waals surface area contributed by atoms with E-state index in [2.05, 4.69) is 10.3 Å². The van der Waals surface area contributed by atoms with E-state index in [1.54, 1.807) is 20.2 Å². The highest BCUT2D eigenvalue weighted by Crippen LogP contribution is 2.27. The molecule has 0 fully saturated rings. The molecule has 0 saturated heterocycles. The first-order valence-electron chi connectivity index (χ1n) is 8.75. The van der Waals surface area contributed by atoms with Gasteiger partial charge in [0.2, 0.25) is 0 Å². The Morgan fingerprint density at radius 1 is 1.22 bits per heavy atom. The molecule has 2 amide bonds. The Morgan fingerprint density at radius 2 is 1.93 bits per heavy atom. The van der Waals surface area contributed by atoms with Crippen LogP contribution in [-0.4, -0.2) is 48.2 Å². The third-order valence-corrected chi connectivity index (χ3v) is 4.19. The van der Waals surface area contributed by atoms with Gasteiger partial charge in [-0.1, -0.05) is 25.1 Å². The number of H-pyrrole nitrogens is 1. The molecule has 2 aromatic rings. The Bertz CT molecular complexity index is 826. The van der Waals surface area contributed by atoms with Gasteiger partial charge in [0.05, 0.1) is 6.04 Å². The molecule has 0 aliphatic heterocycles. The zero-order chi connectivity index (χ0) is 20.0. The maximum atomic E-state index is 12.5. The molecule has 0 unspecified atom stereocenters. The van der Waals surface area contributed by atoms with Crippen molar-refractivity contribution < 1.29 is 19.1 Å². The Balaban J connectivity index is 2.15. The lowest BCUT2D eigenvalue weighted by Crippen LogP contribution is -2.30. The van der Waals surface area contributed by atoms with Crippen LogP contribution in [0.3, 0.4) is 0 Å². The van der Waals surface area contributed by atoms with Crippen molar-refractivity contribution in [1.29, 1.82) is 0 Å². The normalized spacial score (nSPS) is 11.6. The van der Waals surface area contributed by atoms with Crippen LogP contribution >= 0.6 is 0 Å². The zero-order valence-electron chi connectivity index (χ0n) is 16.0. The maximum absolute atomic E-state index is 12.5. The van der Waals surface area contributed by atoms with Gasteiger partial charge in [0.25, 0.3) is 11.8 Å². The number of likely N-dealkylation sites (N-methyl/N-ethyl adjacent to an activating group) is 1. The molecule has 0 aliphatic rings. The number of aromatic nitrogens is 1. The summed E-state index contributed by atoms with van der Waals surface area (Å²) in [4.78, 5) is 40.0. The smallest absolute Gasteiger partial charge is 0.268 e. The number of hydrogen-bond acceptors (Lipinski definition) is 4. The minimum absolute atomic E-state index is 0.0764. The number of nitrogens with zero attached hydrogens (tertiary/aromatic N) is 1. The van der Waals surface area contributed by atoms with E-state index in [0.717, 1.165) is 5.56 Å². The van der Waals surface area contributed by atoms with Gasteiger partial charge in [-0.25, -0.2) is 0 Å². The van der Waals surface area contributed by atoms with E-state index < -0.39 is 0 Å². The average molecular weight is 371 g/mol. The quantitative estimate of drug-likeness (QED) is 0.698. The van der Waals surface area contributed by atoms with E-state index >= 15 is 0 Å². The van der Waals surface area contributed by atoms with Gasteiger partial charge >= 0.3 is 0 Å². The van der Waals surface area contributed by atoms with E-state index in [-0.39, 0.29) is 30.2 Å². The molecular formula is C20H25N3O4. The molecule has 7 nitrogen and oxygen atoms in total. The van der Waals surface area contributed by atoms with Gasteiger partial charge in [-0.3, -0.25) is 14.4 Å². The van der Waals surface area contributed by atoms with Crippen molar-refractivity contribution in [2.24, 2.45) is 0 Å². The topological polar surface area (TPSA) is 91.5 Å². The summed E-state index contributed by atoms with van der Waals surface area (Å²) in [5.41, 5.74) is 1.57. The summed E-state index contributed by atoms with van der Waals surface area (Å²) in [5, 5.41) is 2.95. The number of para-hydroxylation sites is 1. The average Bonchev–Trinajstić information content (AvgIpc) is 3.15. The zero-order valence-corrected chi connectivity index (χ0v) is 16.0. The van der Waals surface area contributed by atoms with E-state index in [9.17, 15) is 14.4 Å². The SMILES string of the molecule is CC[C@@H](NC(=O)c1cc(C(C)=O)c[nH]1)c1ccccc1OCC(=O)N(C)C. The summed E-state index contributed by atoms with van der Waals surface area (Å²) >= 11 is 0. The summed E-state index contributed by atoms with van der Waals surface area (Å²) < 4.78 is 5.67. The highest BCUT2D eigenvalue weighted by molar-refractivity contribution is 5.99. The molecule has 144 valence electrons. The van der Waals surface area contributed by atoms with E-state index in [4.69, 9.17) is 4.74 Å². The van der Waals surface area contributed by atoms with Crippen LogP contribution in [0, 0.1) is 0 Å². The highest BCUT2D eigenvalue weighted by atomic mass is 16.5. The predicted molar refractivity (Wildman–Crippen MR) is 102 cm³/mol. The Morgan fingerprint density at radius 3 is 2.52 bits per heavy atom. The molecule has 0 aliphatic carbocycles. The fraction of sp³-hybridized carbons (Fsp3) is 0.350. The first kappa shape index (κ1) is 20.2. The van der Waals surface area contributed by atoms with Crippen molar-refractivity contribution in [2.75, 3.05) is 20.7 Å². The Kier molecular flexibility index (Phi) is 6.76. The summed E-state index contributed by atoms with van der Waals surface area (Å²) in [6.45, 7) is 3.32. The van der Waals surface area contributed by atoms with Crippen molar-refractivity contribution in [2.45, 2.75) is 26.3 Å². The highest BCUT2D eigenvalue weighted by Gasteiger charge is 2.19. The fourth-order valence-corrected chi connectivity index (χ4v) is 2.53. The number of carbonyl (C=O) groups is 3. The molecule has 7 heteroatoms. The number of Topliss-reactive ketones (excluding diaryl/α,β-unsaturated/α-hetero) is 1. The minimum Gasteiger partial charge on any atom is -0.483 e. The van der Waals surface area contributed by atoms with E-state index in [1.165, 1.54) is 24.1 Å². The van der Waals surface area contributed by atoms with Crippen molar-refractivity contribution in [3.63, 3.8) is 0 Å². The predicted octanol–water partition coefficient (Wildman–Crippen LogP) is 2.57. The molecule has 27 heavy (non-hydrogen) atoms. The standard InChI is InChI=1S/C20H25N3O4/c1-5-16(22-20(26)17-10-14(11-21-17)13(2)24)15-8-6-7-9-18(15)27-12-19(25)23(3)4/h6-11,16,21H,5,12H2,1-4H3,(H,22,26)/t16-/m1/s1. The van der Waals surface area contributed by atoms with Crippen molar-refractivity contribution in [3.8, 4) is 5.75 Å². The number of benzene rings is 1. The second kappa shape index (κ2) is 9.02. The van der Waals surface area contributed by atoms with Crippen molar-refractivity contribution >= 4 is 17.6 Å². The molecule has 2 rings (SSSR count). The van der Waals surface area contributed by atoms with Crippen LogP contribution in [0.2, 0.25) is 0 Å². The van der Waals surface area contributed by atoms with Gasteiger partial charge in [0.1, 0.15) is 11.4 Å². The molecule has 0 bridgehead atoms. The van der Waals surface area contributed by atoms with Gasteiger partial charge in [0.15, 0.2) is 12.4 Å². The van der Waals surface area contributed by atoms with Crippen molar-refractivity contribution in [1.82, 2.24) is 15.2 Å². The lowest BCUT2D eigenvalue weighted by molar-refractivity contribution is -0.130. The molecule has 0 saturated carbocycles. The van der Waals surface area contributed by atoms with Gasteiger partial charge in [0, 0.05) is 31.4 Å². The van der Waals surface area contributed by atoms with Crippen LogP contribution in [0.4, 0.5) is 0 Å². The summed E-state index contributed by atoms with van der Waals surface area (Å²) in [6.07, 6.45) is 2.15. The lowest BCUT2D eigenvalue weighted by Gasteiger charge is -2.21. The van der Waals surface area contributed by atoms with Crippen LogP contribution in [0.15, 0.2) is 36.5 Å². The van der Waals surface area contributed by atoms with Gasteiger partial charge in [-0.2, -0.15) is 0 Å². The van der Waals surface area contributed by atoms with Gasteiger partial charge in [-0.05, 0) is 25.5 Å². The second-order valence-electron chi connectivity index (χ2n) is 6.41. The molecule has 1 aromatic carbocycles. The van der Waals surface area contributed by atoms with Gasteiger partial charge in [-0.15, -0.1) is 0 Å². The van der Waals surface area contributed by atoms with Gasteiger partial charge < -0.3 is 19.9 Å². The monoisotopic (exact) mass is 371 g/mol. The van der Waals surface area contributed by atoms with E-state index in [1.807, 2.05) is 25.1 Å². The first-order valence-corrected chi connectivity index (χ1v) is 8.75. The number of aromatic amines is 1. The molecule has 1 heterocycles. The molecule has 0 radical (unpaired) electrons. The molecular weight excluding hydrogens is 346 g/mol. The summed E-state index contributed by atoms with van der Waals surface area (Å²) in [7, 11) is 3.33. The van der Waals surface area contributed by atoms with Crippen molar-refractivity contribution in [3.05, 3.63) is 53.3 Å². The van der Waals surface area contributed by atoms with Crippen LogP contribution in [0.1, 0.15) is 52.7 Å². The molecule has 2 N–H and O–H groups in total. The number of amides is 2. The van der Waals surface area contributed by atoms with Crippen LogP contribution in [0.25, 0.3) is 0 Å². The summed E-state index contributed by atoms with van der Waals surface area (Å²) in [6, 6.07) is 8.54. The van der Waals surface area contributed by atoms with E-state index in [0.29, 0.717) is 23.4 Å². The van der Waals surface area contributed by atoms with Crippen LogP contribution < -0.4 is 10.1 Å². The Labute approximate surface area is 158 Å². The number of nitrogens with one attached hydrogen (secondary N) is 2. The molecule has 0 spiro atoms. The van der Waals surface area contributed by atoms with Crippen LogP contribution in [0.5, 0.6) is 5.75 Å². The molecule has 1 aromatic heterocycles. The number of rotatable bonds is 8. The minimum atomic E-state index is -0.312. The third kappa shape index (κ3) is 5.20. The number of hydrogen-bond donors (Lipinski definition) is 2. The summed E-state index contributed by atoms with van der Waals surface area (Å²) in [5.74, 6) is -0.0176. The van der Waals surface area contributed by atoms with Crippen LogP contribution in [-0.2, 0) is 4.79 Å². The Hall–Kier alpha value is -3.09. The first-order chi connectivity index (χ1) is 12.8. The number of ketones is 1. The second-order valence-corrected chi connectivity index (χ2v) is 6.41. The lowest BCUT2D eigenvalue weighted by atomic mass is 10.0. The molecule has 1 atom stereocenters. The third-order valence-electron chi connectivity index (χ3n) is 4.19. The maximum Gasteiger partial charge on any atom is 0.268 e. The number of carbonyl (C=O) groups excluding carboxylic acids is 3. The number of ether oxygens (including phenoxy) is 1. The largest absolute Gasteiger partial charge is 0.483 e.